The van der Waals surface area contributed by atoms with Gasteiger partial charge in [-0.1, -0.05) is 45.4 Å². The first-order valence-corrected chi connectivity index (χ1v) is 11.1. The lowest BCUT2D eigenvalue weighted by Crippen LogP contribution is -1.98. The molecule has 0 amide bonds. The van der Waals surface area contributed by atoms with Gasteiger partial charge < -0.3 is 9.57 Å². The molecule has 0 bridgehead atoms. The molecule has 30 heavy (non-hydrogen) atoms. The lowest BCUT2D eigenvalue weighted by Gasteiger charge is -2.11. The number of hydrogen-bond donors (Lipinski definition) is 0. The number of nitro groups is 1. The number of nitrogens with zero attached hydrogens (tertiary/aromatic N) is 2. The third-order valence-electron chi connectivity index (χ3n) is 3.95. The lowest BCUT2D eigenvalue weighted by molar-refractivity contribution is -0.384. The highest BCUT2D eigenvalue weighted by molar-refractivity contribution is 9.11. The number of halogens is 3. The summed E-state index contributed by atoms with van der Waals surface area (Å²) >= 11 is 10.5. The van der Waals surface area contributed by atoms with E-state index in [1.807, 2.05) is 36.4 Å². The number of oxime groups is 1. The quantitative estimate of drug-likeness (QED) is 0.159. The molecule has 0 N–H and O–H groups in total. The van der Waals surface area contributed by atoms with Crippen LogP contribution in [0.5, 0.6) is 5.75 Å². The van der Waals surface area contributed by atoms with Crippen LogP contribution in [0.15, 0.2) is 79.2 Å². The molecule has 0 aromatic heterocycles. The molecule has 6 nitrogen and oxygen atoms in total. The van der Waals surface area contributed by atoms with Gasteiger partial charge in [-0.3, -0.25) is 10.1 Å². The van der Waals surface area contributed by atoms with Crippen LogP contribution in [0, 0.1) is 10.1 Å². The number of nitro benzene ring substituents is 1. The Morgan fingerprint density at radius 3 is 2.30 bits per heavy atom. The van der Waals surface area contributed by atoms with E-state index in [1.54, 1.807) is 18.3 Å². The predicted molar refractivity (Wildman–Crippen MR) is 126 cm³/mol. The minimum absolute atomic E-state index is 0.0201. The molecule has 0 heterocycles. The standard InChI is InChI=1S/C21H15Br3N2O4/c22-17-6-4-14(5-7-17)12-29-21-19(23)9-16(10-20(21)24)11-25-30-13-15-2-1-3-18(8-15)26(27)28/h1-11H,12-13H2/b25-11-. The second-order valence-corrected chi connectivity index (χ2v) is 8.79. The van der Waals surface area contributed by atoms with Crippen molar-refractivity contribution < 1.29 is 14.5 Å². The minimum Gasteiger partial charge on any atom is -0.487 e. The maximum Gasteiger partial charge on any atom is 0.269 e. The van der Waals surface area contributed by atoms with Crippen LogP contribution in [0.4, 0.5) is 5.69 Å². The molecule has 0 aliphatic heterocycles. The number of non-ortho nitro benzene ring substituents is 1. The maximum atomic E-state index is 10.8. The number of rotatable bonds is 8. The molecule has 0 aliphatic rings. The summed E-state index contributed by atoms with van der Waals surface area (Å²) in [5, 5.41) is 14.8. The van der Waals surface area contributed by atoms with Gasteiger partial charge in [-0.05, 0) is 72.8 Å². The monoisotopic (exact) mass is 596 g/mol. The van der Waals surface area contributed by atoms with E-state index in [9.17, 15) is 10.1 Å². The van der Waals surface area contributed by atoms with Crippen molar-refractivity contribution in [1.82, 2.24) is 0 Å². The molecule has 0 aliphatic carbocycles. The molecular weight excluding hydrogens is 584 g/mol. The molecule has 9 heteroatoms. The van der Waals surface area contributed by atoms with Gasteiger partial charge in [0.15, 0.2) is 0 Å². The van der Waals surface area contributed by atoms with Gasteiger partial charge in [0.25, 0.3) is 5.69 Å². The van der Waals surface area contributed by atoms with Gasteiger partial charge in [-0.15, -0.1) is 0 Å². The van der Waals surface area contributed by atoms with Crippen molar-refractivity contribution in [2.45, 2.75) is 13.2 Å². The Bertz CT molecular complexity index is 1050. The molecule has 3 rings (SSSR count). The summed E-state index contributed by atoms with van der Waals surface area (Å²) in [5.74, 6) is 0.688. The molecule has 0 radical (unpaired) electrons. The van der Waals surface area contributed by atoms with E-state index in [4.69, 9.17) is 9.57 Å². The second-order valence-electron chi connectivity index (χ2n) is 6.16. The molecule has 0 atom stereocenters. The van der Waals surface area contributed by atoms with Gasteiger partial charge in [-0.25, -0.2) is 0 Å². The second kappa shape index (κ2) is 10.7. The Hall–Kier alpha value is -2.23. The third-order valence-corrected chi connectivity index (χ3v) is 5.65. The Morgan fingerprint density at radius 1 is 0.933 bits per heavy atom. The van der Waals surface area contributed by atoms with E-state index >= 15 is 0 Å². The van der Waals surface area contributed by atoms with Crippen molar-refractivity contribution in [3.8, 4) is 5.75 Å². The Balaban J connectivity index is 1.59. The Kier molecular flexibility index (Phi) is 8.01. The van der Waals surface area contributed by atoms with Crippen LogP contribution in [0.3, 0.4) is 0 Å². The zero-order chi connectivity index (χ0) is 21.5. The SMILES string of the molecule is O=[N+]([O-])c1cccc(CO/N=C\c2cc(Br)c(OCc3ccc(Br)cc3)c(Br)c2)c1. The Morgan fingerprint density at radius 2 is 1.63 bits per heavy atom. The molecule has 3 aromatic carbocycles. The van der Waals surface area contributed by atoms with Crippen LogP contribution in [0.1, 0.15) is 16.7 Å². The summed E-state index contributed by atoms with van der Waals surface area (Å²) < 4.78 is 8.49. The largest absolute Gasteiger partial charge is 0.487 e. The zero-order valence-electron chi connectivity index (χ0n) is 15.4. The Labute approximate surface area is 198 Å². The molecule has 0 spiro atoms. The molecule has 0 fully saturated rings. The summed E-state index contributed by atoms with van der Waals surface area (Å²) in [6, 6.07) is 17.9. The van der Waals surface area contributed by atoms with E-state index in [2.05, 4.69) is 52.9 Å². The highest BCUT2D eigenvalue weighted by Crippen LogP contribution is 2.35. The topological polar surface area (TPSA) is 74.0 Å². The van der Waals surface area contributed by atoms with E-state index in [-0.39, 0.29) is 12.3 Å². The third kappa shape index (κ3) is 6.38. The highest BCUT2D eigenvalue weighted by atomic mass is 79.9. The van der Waals surface area contributed by atoms with Gasteiger partial charge in [0.05, 0.1) is 20.1 Å². The summed E-state index contributed by atoms with van der Waals surface area (Å²) in [6.07, 6.45) is 1.56. The fourth-order valence-electron chi connectivity index (χ4n) is 2.50. The number of ether oxygens (including phenoxy) is 1. The van der Waals surface area contributed by atoms with Crippen LogP contribution >= 0.6 is 47.8 Å². The predicted octanol–water partition coefficient (Wildman–Crippen LogP) is 7.01. The number of hydrogen-bond acceptors (Lipinski definition) is 5. The highest BCUT2D eigenvalue weighted by Gasteiger charge is 2.09. The van der Waals surface area contributed by atoms with Crippen LogP contribution in [0.2, 0.25) is 0 Å². The fourth-order valence-corrected chi connectivity index (χ4v) is 4.21. The first kappa shape index (κ1) is 22.5. The fraction of sp³-hybridized carbons (Fsp3) is 0.0952. The molecule has 154 valence electrons. The van der Waals surface area contributed by atoms with Crippen molar-refractivity contribution in [1.29, 1.82) is 0 Å². The van der Waals surface area contributed by atoms with Gasteiger partial charge >= 0.3 is 0 Å². The van der Waals surface area contributed by atoms with Crippen molar-refractivity contribution >= 4 is 59.7 Å². The van der Waals surface area contributed by atoms with Gasteiger partial charge in [0, 0.05) is 16.6 Å². The molecule has 0 saturated heterocycles. The average Bonchev–Trinajstić information content (AvgIpc) is 2.72. The first-order chi connectivity index (χ1) is 14.4. The molecule has 0 saturated carbocycles. The first-order valence-electron chi connectivity index (χ1n) is 8.67. The van der Waals surface area contributed by atoms with Gasteiger partial charge in [-0.2, -0.15) is 0 Å². The number of benzene rings is 3. The van der Waals surface area contributed by atoms with Crippen LogP contribution in [-0.2, 0) is 18.1 Å². The van der Waals surface area contributed by atoms with Crippen molar-refractivity contribution in [3.63, 3.8) is 0 Å². The molecule has 3 aromatic rings. The average molecular weight is 599 g/mol. The van der Waals surface area contributed by atoms with Crippen LogP contribution < -0.4 is 4.74 Å². The maximum absolute atomic E-state index is 10.8. The van der Waals surface area contributed by atoms with E-state index in [0.717, 1.165) is 24.5 Å². The van der Waals surface area contributed by atoms with E-state index in [0.29, 0.717) is 17.9 Å². The van der Waals surface area contributed by atoms with Gasteiger partial charge in [0.1, 0.15) is 19.0 Å². The molecule has 0 unspecified atom stereocenters. The smallest absolute Gasteiger partial charge is 0.269 e. The van der Waals surface area contributed by atoms with Gasteiger partial charge in [0.2, 0.25) is 0 Å². The molecular formula is C21H15Br3N2O4. The summed E-state index contributed by atoms with van der Waals surface area (Å²) in [7, 11) is 0. The van der Waals surface area contributed by atoms with Crippen LogP contribution in [0.25, 0.3) is 0 Å². The minimum atomic E-state index is -0.442. The summed E-state index contributed by atoms with van der Waals surface area (Å²) in [4.78, 5) is 15.6. The summed E-state index contributed by atoms with van der Waals surface area (Å²) in [5.41, 5.74) is 2.54. The van der Waals surface area contributed by atoms with Crippen LogP contribution in [-0.4, -0.2) is 11.1 Å². The van der Waals surface area contributed by atoms with Crippen molar-refractivity contribution in [2.24, 2.45) is 5.16 Å². The zero-order valence-corrected chi connectivity index (χ0v) is 20.2. The normalized spacial score (nSPS) is 10.9. The van der Waals surface area contributed by atoms with Crippen molar-refractivity contribution in [3.05, 3.63) is 101 Å². The van der Waals surface area contributed by atoms with E-state index in [1.165, 1.54) is 12.1 Å². The van der Waals surface area contributed by atoms with Crippen molar-refractivity contribution in [2.75, 3.05) is 0 Å². The summed E-state index contributed by atoms with van der Waals surface area (Å²) in [6.45, 7) is 0.569. The lowest BCUT2D eigenvalue weighted by atomic mass is 10.2. The van der Waals surface area contributed by atoms with E-state index < -0.39 is 4.92 Å².